The van der Waals surface area contributed by atoms with Gasteiger partial charge >= 0.3 is 0 Å². The third-order valence-electron chi connectivity index (χ3n) is 7.66. The molecule has 1 saturated heterocycles. The van der Waals surface area contributed by atoms with E-state index in [2.05, 4.69) is 36.0 Å². The average Bonchev–Trinajstić information content (AvgIpc) is 3.43. The third-order valence-corrected chi connectivity index (χ3v) is 8.07. The minimum absolute atomic E-state index is 0.0482. The lowest BCUT2D eigenvalue weighted by atomic mass is 10.0. The molecule has 0 bridgehead atoms. The van der Waals surface area contributed by atoms with Crippen molar-refractivity contribution in [2.45, 2.75) is 51.7 Å². The molecule has 2 aliphatic rings. The fourth-order valence-electron chi connectivity index (χ4n) is 5.62. The Morgan fingerprint density at radius 3 is 2.58 bits per heavy atom. The fourth-order valence-corrected chi connectivity index (χ4v) is 6.08. The molecule has 0 unspecified atom stereocenters. The van der Waals surface area contributed by atoms with E-state index in [1.807, 2.05) is 25.1 Å². The molecule has 1 aromatic carbocycles. The van der Waals surface area contributed by atoms with Gasteiger partial charge in [-0.3, -0.25) is 19.1 Å². The zero-order valence-electron chi connectivity index (χ0n) is 22.3. The summed E-state index contributed by atoms with van der Waals surface area (Å²) in [5.74, 6) is 1.19. The van der Waals surface area contributed by atoms with Gasteiger partial charge in [0, 0.05) is 48.4 Å². The Balaban J connectivity index is 1.26. The lowest BCUT2D eigenvalue weighted by Gasteiger charge is -2.27. The number of ether oxygens (including phenoxy) is 1. The number of amides is 1. The molecule has 0 N–H and O–H groups in total. The highest BCUT2D eigenvalue weighted by Crippen LogP contribution is 2.48. The summed E-state index contributed by atoms with van der Waals surface area (Å²) in [7, 11) is 1.56. The smallest absolute Gasteiger partial charge is 0.245 e. The van der Waals surface area contributed by atoms with Gasteiger partial charge in [-0.05, 0) is 59.3 Å². The number of halogens is 1. The van der Waals surface area contributed by atoms with Crippen LogP contribution in [0.1, 0.15) is 41.8 Å². The van der Waals surface area contributed by atoms with Crippen LogP contribution < -0.4 is 4.74 Å². The maximum absolute atomic E-state index is 13.7. The second-order valence-electron chi connectivity index (χ2n) is 10.4. The Hall–Kier alpha value is -3.99. The first-order valence-corrected chi connectivity index (χ1v) is 13.9. The number of likely N-dealkylation sites (tertiary alicyclic amines) is 1. The Labute approximate surface area is 238 Å². The van der Waals surface area contributed by atoms with Crippen molar-refractivity contribution in [3.05, 3.63) is 64.5 Å². The molecule has 1 amide bonds. The second kappa shape index (κ2) is 10.2. The maximum atomic E-state index is 13.7. The van der Waals surface area contributed by atoms with Crippen LogP contribution in [0.5, 0.6) is 5.75 Å². The van der Waals surface area contributed by atoms with Gasteiger partial charge in [-0.25, -0.2) is 15.0 Å². The summed E-state index contributed by atoms with van der Waals surface area (Å²) in [6.45, 7) is 3.22. The molecule has 1 aliphatic carbocycles. The minimum atomic E-state index is -0.509. The van der Waals surface area contributed by atoms with Crippen molar-refractivity contribution in [1.29, 1.82) is 0 Å². The van der Waals surface area contributed by atoms with Crippen LogP contribution in [0.25, 0.3) is 22.0 Å². The van der Waals surface area contributed by atoms with Crippen LogP contribution in [0.4, 0.5) is 0 Å². The molecule has 11 heteroatoms. The molecule has 2 fully saturated rings. The van der Waals surface area contributed by atoms with E-state index in [0.29, 0.717) is 50.8 Å². The Morgan fingerprint density at radius 1 is 1.07 bits per heavy atom. The highest BCUT2D eigenvalue weighted by atomic mass is 79.9. The Kier molecular flexibility index (Phi) is 6.69. The number of hydrogen-bond acceptors (Lipinski definition) is 8. The fraction of sp³-hybridized carbons (Fsp3) is 0.345. The number of carbonyl (C=O) groups is 3. The summed E-state index contributed by atoms with van der Waals surface area (Å²) < 4.78 is 7.45. The number of pyridine rings is 1. The normalized spacial score (nSPS) is 19.5. The highest BCUT2D eigenvalue weighted by molar-refractivity contribution is 9.10. The predicted molar refractivity (Wildman–Crippen MR) is 150 cm³/mol. The van der Waals surface area contributed by atoms with Gasteiger partial charge in [0.25, 0.3) is 0 Å². The van der Waals surface area contributed by atoms with Crippen molar-refractivity contribution in [3.63, 3.8) is 0 Å². The maximum Gasteiger partial charge on any atom is 0.245 e. The van der Waals surface area contributed by atoms with E-state index in [1.54, 1.807) is 41.2 Å². The first kappa shape index (κ1) is 26.2. The van der Waals surface area contributed by atoms with Gasteiger partial charge in [-0.2, -0.15) is 5.10 Å². The van der Waals surface area contributed by atoms with Crippen LogP contribution in [0.3, 0.4) is 0 Å². The number of rotatable bonds is 8. The summed E-state index contributed by atoms with van der Waals surface area (Å²) in [4.78, 5) is 54.2. The highest BCUT2D eigenvalue weighted by Gasteiger charge is 2.55. The number of benzene rings is 1. The monoisotopic (exact) mass is 602 g/mol. The average molecular weight is 603 g/mol. The quantitative estimate of drug-likeness (QED) is 0.219. The van der Waals surface area contributed by atoms with Crippen molar-refractivity contribution in [2.24, 2.45) is 5.92 Å². The van der Waals surface area contributed by atoms with Crippen molar-refractivity contribution in [3.8, 4) is 16.9 Å². The lowest BCUT2D eigenvalue weighted by Crippen LogP contribution is -2.45. The number of Topliss-reactive ketones (excluding diaryl/α,β-unsaturated/α-hetero) is 2. The molecule has 3 aromatic heterocycles. The number of methoxy groups -OCH3 is 1. The number of aryl methyl sites for hydroxylation is 1. The van der Waals surface area contributed by atoms with Gasteiger partial charge in [0.05, 0.1) is 30.8 Å². The van der Waals surface area contributed by atoms with Gasteiger partial charge in [0.2, 0.25) is 5.91 Å². The van der Waals surface area contributed by atoms with Crippen LogP contribution in [-0.4, -0.2) is 66.3 Å². The number of hydrogen-bond donors (Lipinski definition) is 0. The van der Waals surface area contributed by atoms with Crippen molar-refractivity contribution < 1.29 is 19.1 Å². The number of carbonyl (C=O) groups excluding carboxylic acids is 3. The topological polar surface area (TPSA) is 120 Å². The third kappa shape index (κ3) is 4.90. The van der Waals surface area contributed by atoms with Gasteiger partial charge in [0.15, 0.2) is 11.6 Å². The molecule has 1 aliphatic heterocycles. The molecule has 6 rings (SSSR count). The summed E-state index contributed by atoms with van der Waals surface area (Å²) in [6, 6.07) is 8.67. The van der Waals surface area contributed by atoms with Crippen LogP contribution >= 0.6 is 15.9 Å². The molecule has 4 aromatic rings. The van der Waals surface area contributed by atoms with Crippen LogP contribution in [0.2, 0.25) is 0 Å². The molecular weight excluding hydrogens is 576 g/mol. The van der Waals surface area contributed by atoms with Crippen LogP contribution in [0, 0.1) is 12.8 Å². The SMILES string of the molecule is COc1cc(Br)nc(CC(=O)[C@@H]2C[C@H]3C[C@H]3N2C(=O)Cn2nc(C(C)=O)c3cc(-c4cnc(C)nc4)ccc32)c1. The van der Waals surface area contributed by atoms with Gasteiger partial charge in [-0.15, -0.1) is 0 Å². The zero-order valence-corrected chi connectivity index (χ0v) is 23.9. The largest absolute Gasteiger partial charge is 0.497 e. The molecule has 3 atom stereocenters. The summed E-state index contributed by atoms with van der Waals surface area (Å²) in [5, 5.41) is 5.19. The molecular formula is C29H27BrN6O4. The predicted octanol–water partition coefficient (Wildman–Crippen LogP) is 3.97. The van der Waals surface area contributed by atoms with Crippen LogP contribution in [0.15, 0.2) is 47.3 Å². The van der Waals surface area contributed by atoms with Crippen molar-refractivity contribution >= 4 is 44.3 Å². The van der Waals surface area contributed by atoms with Gasteiger partial charge in [-0.1, -0.05) is 6.07 Å². The van der Waals surface area contributed by atoms with E-state index in [-0.39, 0.29) is 36.5 Å². The van der Waals surface area contributed by atoms with Crippen molar-refractivity contribution in [1.82, 2.24) is 29.6 Å². The Morgan fingerprint density at radius 2 is 1.85 bits per heavy atom. The number of aromatic nitrogens is 5. The van der Waals surface area contributed by atoms with Crippen molar-refractivity contribution in [2.75, 3.05) is 7.11 Å². The molecule has 40 heavy (non-hydrogen) atoms. The molecule has 4 heterocycles. The van der Waals surface area contributed by atoms with E-state index in [0.717, 1.165) is 17.5 Å². The first-order chi connectivity index (χ1) is 19.2. The number of ketones is 2. The number of nitrogens with zero attached hydrogens (tertiary/aromatic N) is 6. The van der Waals surface area contributed by atoms with E-state index >= 15 is 0 Å². The lowest BCUT2D eigenvalue weighted by molar-refractivity contribution is -0.139. The molecule has 204 valence electrons. The summed E-state index contributed by atoms with van der Waals surface area (Å²) in [5.41, 5.74) is 3.23. The first-order valence-electron chi connectivity index (χ1n) is 13.1. The standard InChI is InChI=1S/C29H27BrN6O4/c1-15(37)29-22-6-17(19-12-31-16(2)32-13-19)4-5-23(22)35(34-29)14-28(39)36-24-7-18(24)8-25(36)26(38)10-20-9-21(40-3)11-27(30)33-20/h4-6,9,11-13,18,24-25H,7-8,10,14H2,1-3H3/t18-,24-,25+/m1/s1. The molecule has 10 nitrogen and oxygen atoms in total. The number of fused-ring (bicyclic) bond motifs is 2. The summed E-state index contributed by atoms with van der Waals surface area (Å²) in [6.07, 6.45) is 5.14. The molecule has 0 spiro atoms. The molecule has 0 radical (unpaired) electrons. The van der Waals surface area contributed by atoms with Crippen LogP contribution in [-0.2, 0) is 22.6 Å². The minimum Gasteiger partial charge on any atom is -0.497 e. The summed E-state index contributed by atoms with van der Waals surface area (Å²) >= 11 is 3.36. The Bertz CT molecular complexity index is 1670. The molecule has 1 saturated carbocycles. The van der Waals surface area contributed by atoms with E-state index in [4.69, 9.17) is 4.74 Å². The zero-order chi connectivity index (χ0) is 28.1. The number of piperidine rings is 1. The van der Waals surface area contributed by atoms with Gasteiger partial charge in [0.1, 0.15) is 28.4 Å². The van der Waals surface area contributed by atoms with E-state index in [9.17, 15) is 14.4 Å². The van der Waals surface area contributed by atoms with E-state index in [1.165, 1.54) is 6.92 Å². The van der Waals surface area contributed by atoms with Gasteiger partial charge < -0.3 is 9.64 Å². The second-order valence-corrected chi connectivity index (χ2v) is 11.2. The van der Waals surface area contributed by atoms with E-state index < -0.39 is 6.04 Å².